The molecule has 2 atom stereocenters. The molecule has 732 valence electrons. The smallest absolute Gasteiger partial charge is 0.252 e. The summed E-state index contributed by atoms with van der Waals surface area (Å²) in [5.41, 5.74) is 18.7. The molecule has 0 radical (unpaired) electrons. The zero-order chi connectivity index (χ0) is 102. The molecule has 5 amide bonds. The van der Waals surface area contributed by atoms with Gasteiger partial charge in [0.2, 0.25) is 0 Å². The Bertz CT molecular complexity index is 8670. The van der Waals surface area contributed by atoms with Gasteiger partial charge in [-0.3, -0.25) is 54.5 Å². The van der Waals surface area contributed by atoms with E-state index in [0.29, 0.717) is 102 Å². The lowest BCUT2D eigenvalue weighted by Gasteiger charge is -2.56. The van der Waals surface area contributed by atoms with Crippen LogP contribution in [-0.4, -0.2) is 149 Å². The van der Waals surface area contributed by atoms with Gasteiger partial charge < -0.3 is 58.8 Å². The summed E-state index contributed by atoms with van der Waals surface area (Å²) >= 11 is 7.68. The molecule has 34 nitrogen and oxygen atoms in total. The number of rotatable bonds is 15. The molecule has 7 aromatic carbocycles. The lowest BCUT2D eigenvalue weighted by atomic mass is 9.53. The highest BCUT2D eigenvalue weighted by molar-refractivity contribution is 7.09. The van der Waals surface area contributed by atoms with Gasteiger partial charge in [0.1, 0.15) is 68.5 Å². The van der Waals surface area contributed by atoms with E-state index in [4.69, 9.17) is 16.0 Å². The maximum atomic E-state index is 13.2. The Morgan fingerprint density at radius 3 is 1.19 bits per heavy atom. The molecule has 0 saturated heterocycles. The number of nitrogens with zero attached hydrogens (tertiary/aromatic N) is 17. The number of benzene rings is 7. The summed E-state index contributed by atoms with van der Waals surface area (Å²) < 4.78 is 14.5. The van der Waals surface area contributed by atoms with E-state index in [0.717, 1.165) is 136 Å². The van der Waals surface area contributed by atoms with Crippen LogP contribution in [0.5, 0.6) is 0 Å². The Morgan fingerprint density at radius 1 is 0.426 bits per heavy atom. The van der Waals surface area contributed by atoms with Gasteiger partial charge in [-0.2, -0.15) is 25.5 Å². The van der Waals surface area contributed by atoms with Crippen LogP contribution in [0.15, 0.2) is 261 Å². The SMILES string of the molecule is Cc1ccc2nc(C(C)NC(=O)c3ccc4c(C#Cc5cncn5C)[nH]nc4c3)[nH]c2c1.Cn1cncc1C#Cc1[nH]nc2cc(C(=O)NC(c3ccncc3)c3ccc(Cl)cc3)ccc12.Cn1cncc1C#Cc1[nH]nc2cc(C(=O)NC34CC5CC(CC(C5)C3)C4)ccc12.Cn1cncc1C#Cc1[nH]nc2cc(C(=O)NCc3ccco3)ccc12.Cn1cncc1C#Cc1[nH]nc2cc(C(=O)NCc3cccs3)ccc12. The predicted octanol–water partition coefficient (Wildman–Crippen LogP) is 15.9. The first-order valence-corrected chi connectivity index (χ1v) is 48.8. The summed E-state index contributed by atoms with van der Waals surface area (Å²) in [5, 5.41) is 58.6. The van der Waals surface area contributed by atoms with Crippen LogP contribution in [0.4, 0.5) is 0 Å². The molecule has 36 heteroatoms. The number of aryl methyl sites for hydroxylation is 6. The predicted molar refractivity (Wildman–Crippen MR) is 562 cm³/mol. The highest BCUT2D eigenvalue weighted by Gasteiger charge is 2.51. The molecule has 25 rings (SSSR count). The second kappa shape index (κ2) is 43.0. The molecule has 14 heterocycles. The fraction of sp³-hybridized carbons (Fsp3) is 0.188. The zero-order valence-corrected chi connectivity index (χ0v) is 82.7. The summed E-state index contributed by atoms with van der Waals surface area (Å²) in [5.74, 6) is 34.0. The van der Waals surface area contributed by atoms with Crippen molar-refractivity contribution in [2.45, 2.75) is 83.1 Å². The van der Waals surface area contributed by atoms with Crippen molar-refractivity contribution in [3.05, 3.63) is 379 Å². The molecular formula is C112H95ClN28O6S. The number of hydrogen-bond acceptors (Lipinski definition) is 19. The number of carbonyl (C=O) groups excluding carboxylic acids is 5. The first kappa shape index (κ1) is 96.5. The number of thiophene rings is 1. The Kier molecular flexibility index (Phi) is 28.1. The molecule has 11 N–H and O–H groups in total. The third-order valence-corrected chi connectivity index (χ3v) is 27.2. The molecular weight excluding hydrogens is 1900 g/mol. The highest BCUT2D eigenvalue weighted by atomic mass is 35.5. The average Bonchev–Trinajstić information content (AvgIpc) is 1.16. The molecule has 4 bridgehead atoms. The molecule has 21 aromatic rings. The maximum absolute atomic E-state index is 13.2. The van der Waals surface area contributed by atoms with Crippen LogP contribution in [0.2, 0.25) is 5.02 Å². The van der Waals surface area contributed by atoms with E-state index in [9.17, 15) is 24.0 Å². The van der Waals surface area contributed by atoms with E-state index in [-0.39, 0.29) is 47.2 Å². The van der Waals surface area contributed by atoms with Crippen molar-refractivity contribution in [2.24, 2.45) is 53.0 Å². The minimum Gasteiger partial charge on any atom is -0.467 e. The van der Waals surface area contributed by atoms with Gasteiger partial charge in [-0.25, -0.2) is 29.9 Å². The number of aromatic amines is 6. The van der Waals surface area contributed by atoms with Gasteiger partial charge in [0.05, 0.1) is 133 Å². The lowest BCUT2D eigenvalue weighted by molar-refractivity contribution is -0.0167. The van der Waals surface area contributed by atoms with Gasteiger partial charge in [-0.15, -0.1) is 11.3 Å². The average molecular weight is 2000 g/mol. The molecule has 4 fully saturated rings. The van der Waals surface area contributed by atoms with Gasteiger partial charge >= 0.3 is 0 Å². The van der Waals surface area contributed by atoms with E-state index in [1.165, 1.54) is 19.3 Å². The number of fused-ring (bicyclic) bond motifs is 6. The third-order valence-electron chi connectivity index (χ3n) is 26.1. The zero-order valence-electron chi connectivity index (χ0n) is 81.1. The number of pyridine rings is 1. The Balaban J connectivity index is 0.000000113. The van der Waals surface area contributed by atoms with Crippen molar-refractivity contribution >= 4 is 118 Å². The van der Waals surface area contributed by atoms with Crippen molar-refractivity contribution in [3.63, 3.8) is 0 Å². The summed E-state index contributed by atoms with van der Waals surface area (Å²) in [6.07, 6.45) is 29.6. The fourth-order valence-corrected chi connectivity index (χ4v) is 19.5. The largest absolute Gasteiger partial charge is 0.467 e. The standard InChI is InChI=1S/C26H19ClN6O.C24H21N7O.C24H25N5O.C19H15N5O2.C19H15N5OS/c1-33-16-29-15-21(33)7-9-23-22-8-4-19(14-24(22)32-31-23)26(34)30-25(18-10-12-28-13-11-18)17-2-5-20(27)6-3-17;1-14-4-8-20-22(10-14)28-23(27-20)15(2)26-24(32)16-5-7-18-19(29-30-21(18)11-16)9-6-17-12-25-13-31(17)3;1-29-14-25-13-19(29)3-5-21-20-4-2-18(9-22(20)28-27-21)23(30)26-24-10-15-6-16(11-24)8-17(7-15)12-24;2*1-24-12-20-10-14(24)5-7-17-16-6-4-13(9-18(16)23-22-17)19(25)21-11-15-3-2-8-26-15/h2-6,8,10-16,25H,1H3,(H,30,34)(H,31,32);4-5,7-8,10-13,15H,1-3H3,(H,26,32)(H,27,28)(H,29,30);2,4,9,13-17H,6-8,10-12H2,1H3,(H,26,30)(H,27,28);2*2-4,6,8-10,12H,11H2,1H3,(H,21,25)(H,22,23). The van der Waals surface area contributed by atoms with Crippen LogP contribution in [0.3, 0.4) is 0 Å². The summed E-state index contributed by atoms with van der Waals surface area (Å²) in [7, 11) is 9.46. The van der Waals surface area contributed by atoms with Crippen molar-refractivity contribution in [1.82, 2.24) is 140 Å². The number of H-pyrrole nitrogens is 6. The Labute approximate surface area is 856 Å². The summed E-state index contributed by atoms with van der Waals surface area (Å²) in [6.45, 7) is 4.80. The van der Waals surface area contributed by atoms with Crippen LogP contribution < -0.4 is 26.6 Å². The minimum atomic E-state index is -0.358. The van der Waals surface area contributed by atoms with Crippen LogP contribution in [-0.2, 0) is 48.3 Å². The van der Waals surface area contributed by atoms with Gasteiger partial charge in [-0.05, 0) is 297 Å². The number of nitrogens with one attached hydrogen (secondary N) is 11. The first-order chi connectivity index (χ1) is 72.0. The monoisotopic (exact) mass is 1990 g/mol. The van der Waals surface area contributed by atoms with Gasteiger partial charge in [0.15, 0.2) is 0 Å². The summed E-state index contributed by atoms with van der Waals surface area (Å²) in [6, 6.07) is 51.4. The van der Waals surface area contributed by atoms with E-state index in [1.807, 2.05) is 180 Å². The Hall–Kier alpha value is -19.0. The van der Waals surface area contributed by atoms with Crippen LogP contribution >= 0.6 is 22.9 Å². The van der Waals surface area contributed by atoms with Crippen LogP contribution in [0, 0.1) is 83.9 Å². The van der Waals surface area contributed by atoms with Crippen molar-refractivity contribution < 1.29 is 28.4 Å². The van der Waals surface area contributed by atoms with Crippen LogP contribution in [0.25, 0.3) is 65.5 Å². The second-order valence-corrected chi connectivity index (χ2v) is 38.1. The number of furan rings is 1. The number of hydrogen-bond donors (Lipinski definition) is 11. The van der Waals surface area contributed by atoms with E-state index in [2.05, 4.69) is 177 Å². The maximum Gasteiger partial charge on any atom is 0.252 e. The van der Waals surface area contributed by atoms with Crippen molar-refractivity contribution in [1.29, 1.82) is 0 Å². The number of aromatic nitrogens is 23. The number of imidazole rings is 6. The number of halogens is 1. The molecule has 2 unspecified atom stereocenters. The van der Waals surface area contributed by atoms with Crippen LogP contribution in [0.1, 0.15) is 199 Å². The van der Waals surface area contributed by atoms with E-state index in [1.54, 1.807) is 159 Å². The Morgan fingerprint density at radius 2 is 0.811 bits per heavy atom. The fourth-order valence-electron chi connectivity index (χ4n) is 18.7. The quantitative estimate of drug-likeness (QED) is 0.0425. The van der Waals surface area contributed by atoms with E-state index < -0.39 is 0 Å². The topological polar surface area (TPSA) is 433 Å². The number of amides is 5. The molecule has 0 aliphatic heterocycles. The summed E-state index contributed by atoms with van der Waals surface area (Å²) in [4.78, 5) is 97.1. The van der Waals surface area contributed by atoms with Gasteiger partial charge in [0, 0.05) is 118 Å². The molecule has 4 saturated carbocycles. The van der Waals surface area contributed by atoms with E-state index >= 15 is 0 Å². The molecule has 0 spiro atoms. The molecule has 14 aromatic heterocycles. The lowest BCUT2D eigenvalue weighted by Crippen LogP contribution is -2.59. The molecule has 4 aliphatic rings. The van der Waals surface area contributed by atoms with Gasteiger partial charge in [-0.1, -0.05) is 35.9 Å². The highest BCUT2D eigenvalue weighted by Crippen LogP contribution is 2.56. The first-order valence-electron chi connectivity index (χ1n) is 47.5. The normalized spacial score (nSPS) is 14.8. The molecule has 4 aliphatic carbocycles. The second-order valence-electron chi connectivity index (χ2n) is 36.6. The van der Waals surface area contributed by atoms with Crippen molar-refractivity contribution in [2.75, 3.05) is 0 Å². The molecule has 148 heavy (non-hydrogen) atoms. The third kappa shape index (κ3) is 22.2. The van der Waals surface area contributed by atoms with Gasteiger partial charge in [0.25, 0.3) is 29.5 Å². The number of carbonyl (C=O) groups is 5. The van der Waals surface area contributed by atoms with Crippen molar-refractivity contribution in [3.8, 4) is 59.2 Å². The minimum absolute atomic E-state index is 0.0199.